The molecule has 1 heterocycles. The van der Waals surface area contributed by atoms with Gasteiger partial charge in [-0.05, 0) is 28.3 Å². The molecule has 0 amide bonds. The summed E-state index contributed by atoms with van der Waals surface area (Å²) >= 11 is 0. The van der Waals surface area contributed by atoms with Crippen LogP contribution in [0.2, 0.25) is 0 Å². The minimum atomic E-state index is 0.364. The molecule has 130 valence electrons. The summed E-state index contributed by atoms with van der Waals surface area (Å²) in [6.45, 7) is 5.45. The summed E-state index contributed by atoms with van der Waals surface area (Å²) in [6, 6.07) is 16.8. The molecule has 0 fully saturated rings. The SMILES string of the molecule is CN=C(NCc1ccc2ccccc2c1)NCc1cc(C(C)C)no1. The summed E-state index contributed by atoms with van der Waals surface area (Å²) in [5.41, 5.74) is 2.18. The number of nitrogens with one attached hydrogen (secondary N) is 2. The first kappa shape index (κ1) is 17.0. The summed E-state index contributed by atoms with van der Waals surface area (Å²) in [5, 5.41) is 13.1. The molecule has 5 heteroatoms. The predicted molar refractivity (Wildman–Crippen MR) is 102 cm³/mol. The molecule has 3 rings (SSSR count). The molecule has 0 spiro atoms. The Balaban J connectivity index is 1.56. The molecule has 0 bridgehead atoms. The summed E-state index contributed by atoms with van der Waals surface area (Å²) in [7, 11) is 1.76. The molecule has 0 unspecified atom stereocenters. The maximum Gasteiger partial charge on any atom is 0.191 e. The van der Waals surface area contributed by atoms with Gasteiger partial charge < -0.3 is 15.2 Å². The quantitative estimate of drug-likeness (QED) is 0.549. The molecule has 5 nitrogen and oxygen atoms in total. The van der Waals surface area contributed by atoms with E-state index in [0.717, 1.165) is 17.4 Å². The number of hydrogen-bond donors (Lipinski definition) is 2. The van der Waals surface area contributed by atoms with E-state index in [9.17, 15) is 0 Å². The van der Waals surface area contributed by atoms with Crippen molar-refractivity contribution >= 4 is 16.7 Å². The second-order valence-electron chi connectivity index (χ2n) is 6.33. The number of aliphatic imine (C=N–C) groups is 1. The number of hydrogen-bond acceptors (Lipinski definition) is 3. The molecule has 0 saturated heterocycles. The van der Waals surface area contributed by atoms with Crippen LogP contribution in [-0.2, 0) is 13.1 Å². The highest BCUT2D eigenvalue weighted by atomic mass is 16.5. The molecule has 3 aromatic rings. The number of fused-ring (bicyclic) bond motifs is 1. The number of rotatable bonds is 5. The van der Waals surface area contributed by atoms with E-state index in [1.807, 2.05) is 6.07 Å². The van der Waals surface area contributed by atoms with Crippen LogP contribution in [0.25, 0.3) is 10.8 Å². The predicted octanol–water partition coefficient (Wildman–Crippen LogP) is 3.82. The van der Waals surface area contributed by atoms with E-state index in [-0.39, 0.29) is 0 Å². The molecule has 25 heavy (non-hydrogen) atoms. The van der Waals surface area contributed by atoms with Crippen molar-refractivity contribution in [1.29, 1.82) is 0 Å². The molecular weight excluding hydrogens is 312 g/mol. The van der Waals surface area contributed by atoms with Crippen LogP contribution in [0, 0.1) is 0 Å². The van der Waals surface area contributed by atoms with Gasteiger partial charge in [-0.3, -0.25) is 4.99 Å². The van der Waals surface area contributed by atoms with Crippen LogP contribution < -0.4 is 10.6 Å². The zero-order valence-electron chi connectivity index (χ0n) is 14.9. The van der Waals surface area contributed by atoms with Crippen LogP contribution in [0.4, 0.5) is 0 Å². The first-order valence-electron chi connectivity index (χ1n) is 8.53. The maximum atomic E-state index is 5.34. The topological polar surface area (TPSA) is 62.5 Å². The number of guanidine groups is 1. The van der Waals surface area contributed by atoms with Gasteiger partial charge in [0.2, 0.25) is 0 Å². The van der Waals surface area contributed by atoms with Gasteiger partial charge in [0, 0.05) is 19.7 Å². The van der Waals surface area contributed by atoms with E-state index in [2.05, 4.69) is 77.1 Å². The van der Waals surface area contributed by atoms with E-state index in [0.29, 0.717) is 19.0 Å². The molecule has 0 aliphatic carbocycles. The molecule has 0 atom stereocenters. The Hall–Kier alpha value is -2.82. The third kappa shape index (κ3) is 4.38. The van der Waals surface area contributed by atoms with Crippen LogP contribution in [0.3, 0.4) is 0 Å². The first-order valence-corrected chi connectivity index (χ1v) is 8.53. The van der Waals surface area contributed by atoms with Gasteiger partial charge in [-0.2, -0.15) is 0 Å². The Morgan fingerprint density at radius 1 is 1.04 bits per heavy atom. The van der Waals surface area contributed by atoms with Crippen LogP contribution >= 0.6 is 0 Å². The standard InChI is InChI=1S/C20H24N4O/c1-14(2)19-11-18(25-24-19)13-23-20(21-3)22-12-15-8-9-16-6-4-5-7-17(16)10-15/h4-11,14H,12-13H2,1-3H3,(H2,21,22,23). The fourth-order valence-electron chi connectivity index (χ4n) is 2.61. The third-order valence-corrected chi connectivity index (χ3v) is 4.10. The molecule has 2 N–H and O–H groups in total. The Bertz CT molecular complexity index is 867. The van der Waals surface area contributed by atoms with Crippen LogP contribution in [0.1, 0.15) is 36.8 Å². The minimum Gasteiger partial charge on any atom is -0.359 e. The van der Waals surface area contributed by atoms with Crippen molar-refractivity contribution in [2.45, 2.75) is 32.9 Å². The van der Waals surface area contributed by atoms with Crippen molar-refractivity contribution in [2.75, 3.05) is 7.05 Å². The van der Waals surface area contributed by atoms with Gasteiger partial charge >= 0.3 is 0 Å². The molecule has 2 aromatic carbocycles. The second kappa shape index (κ2) is 7.83. The Kier molecular flexibility index (Phi) is 5.33. The molecule has 0 aliphatic heterocycles. The summed E-state index contributed by atoms with van der Waals surface area (Å²) in [4.78, 5) is 4.25. The van der Waals surface area contributed by atoms with Crippen molar-refractivity contribution in [3.05, 3.63) is 65.5 Å². The number of aromatic nitrogens is 1. The summed E-state index contributed by atoms with van der Waals surface area (Å²) < 4.78 is 5.34. The lowest BCUT2D eigenvalue weighted by molar-refractivity contribution is 0.372. The van der Waals surface area contributed by atoms with Crippen LogP contribution in [0.5, 0.6) is 0 Å². The molecular formula is C20H24N4O. The zero-order valence-corrected chi connectivity index (χ0v) is 14.9. The normalized spacial score (nSPS) is 11.9. The minimum absolute atomic E-state index is 0.364. The lowest BCUT2D eigenvalue weighted by Gasteiger charge is -2.11. The van der Waals surface area contributed by atoms with Crippen molar-refractivity contribution in [2.24, 2.45) is 4.99 Å². The van der Waals surface area contributed by atoms with Crippen molar-refractivity contribution in [3.63, 3.8) is 0 Å². The van der Waals surface area contributed by atoms with E-state index < -0.39 is 0 Å². The number of nitrogens with zero attached hydrogens (tertiary/aromatic N) is 2. The van der Waals surface area contributed by atoms with Gasteiger partial charge in [-0.15, -0.1) is 0 Å². The molecule has 0 radical (unpaired) electrons. The van der Waals surface area contributed by atoms with Crippen LogP contribution in [0.15, 0.2) is 58.0 Å². The highest BCUT2D eigenvalue weighted by molar-refractivity contribution is 5.83. The largest absolute Gasteiger partial charge is 0.359 e. The van der Waals surface area contributed by atoms with E-state index in [1.165, 1.54) is 16.3 Å². The lowest BCUT2D eigenvalue weighted by Crippen LogP contribution is -2.36. The number of benzene rings is 2. The van der Waals surface area contributed by atoms with Gasteiger partial charge in [-0.1, -0.05) is 55.4 Å². The Labute approximate surface area is 148 Å². The lowest BCUT2D eigenvalue weighted by atomic mass is 10.1. The second-order valence-corrected chi connectivity index (χ2v) is 6.33. The molecule has 0 saturated carbocycles. The van der Waals surface area contributed by atoms with Crippen molar-refractivity contribution < 1.29 is 4.52 Å². The first-order chi connectivity index (χ1) is 12.2. The highest BCUT2D eigenvalue weighted by Crippen LogP contribution is 2.15. The van der Waals surface area contributed by atoms with E-state index in [1.54, 1.807) is 7.05 Å². The monoisotopic (exact) mass is 336 g/mol. The van der Waals surface area contributed by atoms with Gasteiger partial charge in [0.05, 0.1) is 12.2 Å². The van der Waals surface area contributed by atoms with Crippen molar-refractivity contribution in [1.82, 2.24) is 15.8 Å². The fraction of sp³-hybridized carbons (Fsp3) is 0.300. The van der Waals surface area contributed by atoms with Gasteiger partial charge in [-0.25, -0.2) is 0 Å². The summed E-state index contributed by atoms with van der Waals surface area (Å²) in [6.07, 6.45) is 0. The summed E-state index contributed by atoms with van der Waals surface area (Å²) in [5.74, 6) is 1.90. The Morgan fingerprint density at radius 2 is 1.80 bits per heavy atom. The molecule has 1 aromatic heterocycles. The van der Waals surface area contributed by atoms with Crippen molar-refractivity contribution in [3.8, 4) is 0 Å². The van der Waals surface area contributed by atoms with Gasteiger partial charge in [0.1, 0.15) is 0 Å². The Morgan fingerprint density at radius 3 is 2.52 bits per heavy atom. The fourth-order valence-corrected chi connectivity index (χ4v) is 2.61. The highest BCUT2D eigenvalue weighted by Gasteiger charge is 2.08. The maximum absolute atomic E-state index is 5.34. The zero-order chi connectivity index (χ0) is 17.6. The average Bonchev–Trinajstić information content (AvgIpc) is 3.11. The van der Waals surface area contributed by atoms with E-state index in [4.69, 9.17) is 4.52 Å². The average molecular weight is 336 g/mol. The van der Waals surface area contributed by atoms with Crippen LogP contribution in [-0.4, -0.2) is 18.2 Å². The smallest absolute Gasteiger partial charge is 0.191 e. The van der Waals surface area contributed by atoms with Gasteiger partial charge in [0.25, 0.3) is 0 Å². The van der Waals surface area contributed by atoms with E-state index >= 15 is 0 Å². The van der Waals surface area contributed by atoms with Gasteiger partial charge in [0.15, 0.2) is 11.7 Å². The third-order valence-electron chi connectivity index (χ3n) is 4.10. The molecule has 0 aliphatic rings.